The minimum Gasteiger partial charge on any atom is -0.496 e. The molecule has 0 amide bonds. The van der Waals surface area contributed by atoms with Gasteiger partial charge in [-0.1, -0.05) is 67.6 Å². The van der Waals surface area contributed by atoms with Crippen LogP contribution >= 0.6 is 0 Å². The molecule has 3 saturated heterocycles. The number of ether oxygens (including phenoxy) is 2. The van der Waals surface area contributed by atoms with Crippen LogP contribution in [0.15, 0.2) is 72.8 Å². The van der Waals surface area contributed by atoms with Gasteiger partial charge < -0.3 is 14.8 Å². The third kappa shape index (κ3) is 7.43. The van der Waals surface area contributed by atoms with E-state index in [1.165, 1.54) is 48.2 Å². The summed E-state index contributed by atoms with van der Waals surface area (Å²) in [6, 6.07) is 27.3. The highest BCUT2D eigenvalue weighted by Crippen LogP contribution is 2.42. The Hall–Kier alpha value is -2.91. The van der Waals surface area contributed by atoms with Gasteiger partial charge in [-0.25, -0.2) is 0 Å². The highest BCUT2D eigenvalue weighted by molar-refractivity contribution is 7.85. The Bertz CT molecular complexity index is 1280. The first kappa shape index (κ1) is 30.1. The van der Waals surface area contributed by atoms with Crippen LogP contribution in [0.5, 0.6) is 11.5 Å². The summed E-state index contributed by atoms with van der Waals surface area (Å²) >= 11 is 0. The zero-order chi connectivity index (χ0) is 28.7. The molecule has 40 heavy (non-hydrogen) atoms. The average molecular weight is 567 g/mol. The number of benzene rings is 3. The molecule has 3 fully saturated rings. The molecule has 8 heteroatoms. The Morgan fingerprint density at radius 3 is 1.88 bits per heavy atom. The van der Waals surface area contributed by atoms with Crippen molar-refractivity contribution in [3.8, 4) is 11.5 Å². The largest absolute Gasteiger partial charge is 0.496 e. The number of methoxy groups -OCH3 is 2. The number of hydrogen-bond donors (Lipinski definition) is 2. The molecule has 7 nitrogen and oxygen atoms in total. The first-order valence-electron chi connectivity index (χ1n) is 14.0. The Morgan fingerprint density at radius 1 is 0.900 bits per heavy atom. The standard InChI is InChI=1S/C31H38N2O2.CH4O3S/c1-4-22-19-26(28(35-3)20-27(22)34-2)21-32-30-25-15-17-33(18-16-25)31(30)29(23-11-7-5-8-12-23)24-13-9-6-10-14-24;1-5(2,3)4/h5-14,19-20,25,29-32H,4,15-18,21H2,1-3H3;1H3,(H,2,3,4)/t30-,31-;/m0./s1. The second kappa shape index (κ2) is 13.6. The van der Waals surface area contributed by atoms with Crippen molar-refractivity contribution in [2.75, 3.05) is 33.6 Å². The molecule has 2 atom stereocenters. The van der Waals surface area contributed by atoms with Crippen LogP contribution in [0.4, 0.5) is 0 Å². The van der Waals surface area contributed by atoms with Gasteiger partial charge in [0.25, 0.3) is 10.1 Å². The maximum atomic E-state index is 9.19. The van der Waals surface area contributed by atoms with Gasteiger partial charge in [0, 0.05) is 36.2 Å². The molecule has 0 radical (unpaired) electrons. The van der Waals surface area contributed by atoms with E-state index in [0.717, 1.165) is 24.5 Å². The number of nitrogens with zero attached hydrogens (tertiary/aromatic N) is 1. The summed E-state index contributed by atoms with van der Waals surface area (Å²) < 4.78 is 37.2. The number of aryl methyl sites for hydroxylation is 1. The average Bonchev–Trinajstić information content (AvgIpc) is 2.97. The molecule has 0 aliphatic carbocycles. The molecule has 0 spiro atoms. The topological polar surface area (TPSA) is 88.1 Å². The molecule has 3 aromatic rings. The fourth-order valence-corrected chi connectivity index (χ4v) is 6.38. The van der Waals surface area contributed by atoms with Crippen LogP contribution in [0.2, 0.25) is 0 Å². The first-order valence-corrected chi connectivity index (χ1v) is 15.8. The summed E-state index contributed by atoms with van der Waals surface area (Å²) in [7, 11) is -0.182. The summed E-state index contributed by atoms with van der Waals surface area (Å²) in [6.07, 6.45) is 4.19. The number of fused-ring (bicyclic) bond motifs is 3. The molecule has 2 bridgehead atoms. The smallest absolute Gasteiger partial charge is 0.261 e. The van der Waals surface area contributed by atoms with Crippen molar-refractivity contribution in [1.82, 2.24) is 10.2 Å². The van der Waals surface area contributed by atoms with Gasteiger partial charge in [0.15, 0.2) is 0 Å². The molecule has 2 N–H and O–H groups in total. The van der Waals surface area contributed by atoms with E-state index >= 15 is 0 Å². The maximum absolute atomic E-state index is 9.19. The Morgan fingerprint density at radius 2 is 1.40 bits per heavy atom. The van der Waals surface area contributed by atoms with Gasteiger partial charge in [0.05, 0.1) is 20.5 Å². The molecular weight excluding hydrogens is 524 g/mol. The van der Waals surface area contributed by atoms with Crippen LogP contribution in [-0.4, -0.2) is 63.5 Å². The zero-order valence-corrected chi connectivity index (χ0v) is 24.7. The molecule has 0 saturated carbocycles. The zero-order valence-electron chi connectivity index (χ0n) is 23.9. The van der Waals surface area contributed by atoms with E-state index in [9.17, 15) is 8.42 Å². The van der Waals surface area contributed by atoms with Gasteiger partial charge in [-0.05, 0) is 61.0 Å². The summed E-state index contributed by atoms with van der Waals surface area (Å²) in [5.74, 6) is 2.82. The van der Waals surface area contributed by atoms with E-state index in [4.69, 9.17) is 14.0 Å². The number of hydrogen-bond acceptors (Lipinski definition) is 6. The van der Waals surface area contributed by atoms with Gasteiger partial charge in [-0.2, -0.15) is 8.42 Å². The summed E-state index contributed by atoms with van der Waals surface area (Å²) in [6.45, 7) is 5.35. The maximum Gasteiger partial charge on any atom is 0.261 e. The summed E-state index contributed by atoms with van der Waals surface area (Å²) in [5, 5.41) is 4.04. The van der Waals surface area contributed by atoms with Crippen LogP contribution in [0.1, 0.15) is 47.9 Å². The molecule has 3 heterocycles. The van der Waals surface area contributed by atoms with Crippen molar-refractivity contribution >= 4 is 10.1 Å². The Balaban J connectivity index is 0.000000681. The summed E-state index contributed by atoms with van der Waals surface area (Å²) in [4.78, 5) is 2.74. The van der Waals surface area contributed by atoms with Crippen molar-refractivity contribution < 1.29 is 22.4 Å². The van der Waals surface area contributed by atoms with E-state index in [2.05, 4.69) is 83.9 Å². The van der Waals surface area contributed by atoms with Crippen LogP contribution in [-0.2, 0) is 23.1 Å². The monoisotopic (exact) mass is 566 g/mol. The van der Waals surface area contributed by atoms with Gasteiger partial charge in [0.1, 0.15) is 11.5 Å². The van der Waals surface area contributed by atoms with Gasteiger partial charge >= 0.3 is 0 Å². The van der Waals surface area contributed by atoms with E-state index < -0.39 is 10.1 Å². The van der Waals surface area contributed by atoms with Crippen molar-refractivity contribution in [3.05, 3.63) is 95.1 Å². The van der Waals surface area contributed by atoms with Crippen molar-refractivity contribution in [2.24, 2.45) is 5.92 Å². The fraction of sp³-hybridized carbons (Fsp3) is 0.438. The third-order valence-corrected chi connectivity index (χ3v) is 8.12. The van der Waals surface area contributed by atoms with Crippen LogP contribution in [0, 0.1) is 5.92 Å². The minimum atomic E-state index is -3.67. The van der Waals surface area contributed by atoms with Crippen molar-refractivity contribution in [2.45, 2.75) is 50.7 Å². The fourth-order valence-electron chi connectivity index (χ4n) is 6.38. The van der Waals surface area contributed by atoms with E-state index in [1.807, 2.05) is 6.07 Å². The predicted octanol–water partition coefficient (Wildman–Crippen LogP) is 5.15. The molecular formula is C32H42N2O5S. The van der Waals surface area contributed by atoms with E-state index in [1.54, 1.807) is 14.2 Å². The number of nitrogens with one attached hydrogen (secondary N) is 1. The lowest BCUT2D eigenvalue weighted by Gasteiger charge is -2.54. The molecule has 216 valence electrons. The second-order valence-electron chi connectivity index (χ2n) is 10.6. The van der Waals surface area contributed by atoms with E-state index in [0.29, 0.717) is 30.2 Å². The highest BCUT2D eigenvalue weighted by Gasteiger charge is 2.46. The van der Waals surface area contributed by atoms with Gasteiger partial charge in [-0.3, -0.25) is 9.45 Å². The van der Waals surface area contributed by atoms with Gasteiger partial charge in [0.2, 0.25) is 0 Å². The second-order valence-corrected chi connectivity index (χ2v) is 12.1. The van der Waals surface area contributed by atoms with E-state index in [-0.39, 0.29) is 0 Å². The quantitative estimate of drug-likeness (QED) is 0.346. The third-order valence-electron chi connectivity index (χ3n) is 8.12. The molecule has 0 unspecified atom stereocenters. The molecule has 3 aliphatic heterocycles. The van der Waals surface area contributed by atoms with Crippen molar-refractivity contribution in [3.63, 3.8) is 0 Å². The van der Waals surface area contributed by atoms with Crippen LogP contribution in [0.25, 0.3) is 0 Å². The number of rotatable bonds is 9. The lowest BCUT2D eigenvalue weighted by Crippen LogP contribution is -2.64. The Labute approximate surface area is 239 Å². The molecule has 3 aliphatic rings. The molecule has 6 rings (SSSR count). The van der Waals surface area contributed by atoms with Crippen molar-refractivity contribution in [1.29, 1.82) is 0 Å². The molecule has 3 aromatic carbocycles. The summed E-state index contributed by atoms with van der Waals surface area (Å²) in [5.41, 5.74) is 5.23. The minimum absolute atomic E-state index is 0.335. The molecule has 0 aromatic heterocycles. The normalized spacial score (nSPS) is 21.9. The lowest BCUT2D eigenvalue weighted by atomic mass is 9.70. The highest BCUT2D eigenvalue weighted by atomic mass is 32.2. The first-order chi connectivity index (χ1) is 19.2. The van der Waals surface area contributed by atoms with Crippen LogP contribution < -0.4 is 14.8 Å². The lowest BCUT2D eigenvalue weighted by molar-refractivity contribution is 0.00462. The predicted molar refractivity (Wildman–Crippen MR) is 160 cm³/mol. The SMILES string of the molecule is CCc1cc(CN[C@H]2C3CCN(CC3)[C@H]2C(c2ccccc2)c2ccccc2)c(OC)cc1OC.CS(=O)(=O)O. The van der Waals surface area contributed by atoms with Crippen LogP contribution in [0.3, 0.4) is 0 Å². The van der Waals surface area contributed by atoms with Gasteiger partial charge in [-0.15, -0.1) is 0 Å². The number of piperidine rings is 3. The Kier molecular flexibility index (Phi) is 10.2.